The lowest BCUT2D eigenvalue weighted by Gasteiger charge is -2.41. The van der Waals surface area contributed by atoms with E-state index in [-0.39, 0.29) is 78.8 Å². The van der Waals surface area contributed by atoms with Crippen molar-refractivity contribution in [2.45, 2.75) is 156 Å². The summed E-state index contributed by atoms with van der Waals surface area (Å²) in [6.07, 6.45) is 5.41. The van der Waals surface area contributed by atoms with E-state index in [2.05, 4.69) is 24.1 Å². The third kappa shape index (κ3) is 15.8. The predicted molar refractivity (Wildman–Crippen MR) is 275 cm³/mol. The van der Waals surface area contributed by atoms with Crippen LogP contribution in [0.25, 0.3) is 10.9 Å². The summed E-state index contributed by atoms with van der Waals surface area (Å²) >= 11 is 0. The Morgan fingerprint density at radius 3 is 2.16 bits per heavy atom. The SMILES string of the molecule is CC[C@H](C)[C@@H]([C@@H](CC(=O)N1CCC[C@H]1[C@H](OC)[C@@H](C)C(=O)C[C@@H](Cc1c[nH]c2ccccc12)C(=O)NCc1ccccc1)OC)N(C)C(=O)[C@@H](CC(=O)[C@H](C(C)C)N(C)CCCCCC(=O)O)C(C)C. The Kier molecular flexibility index (Phi) is 23.2. The first kappa shape index (κ1) is 57.7. The Bertz CT molecular complexity index is 2140. The zero-order valence-corrected chi connectivity index (χ0v) is 44.1. The van der Waals surface area contributed by atoms with Gasteiger partial charge in [0.15, 0.2) is 5.78 Å². The number of carbonyl (C=O) groups is 6. The van der Waals surface area contributed by atoms with Crippen LogP contribution in [0.1, 0.15) is 124 Å². The summed E-state index contributed by atoms with van der Waals surface area (Å²) in [5, 5.41) is 13.1. The van der Waals surface area contributed by atoms with E-state index in [4.69, 9.17) is 14.6 Å². The number of carbonyl (C=O) groups excluding carboxylic acids is 5. The monoisotopic (exact) mass is 972 g/mol. The highest BCUT2D eigenvalue weighted by Crippen LogP contribution is 2.32. The molecule has 1 aliphatic heterocycles. The number of hydrogen-bond donors (Lipinski definition) is 3. The van der Waals surface area contributed by atoms with Crippen LogP contribution in [0.5, 0.6) is 0 Å². The fourth-order valence-corrected chi connectivity index (χ4v) is 10.8. The molecule has 9 atom stereocenters. The molecule has 0 radical (unpaired) electrons. The van der Waals surface area contributed by atoms with Crippen molar-refractivity contribution in [1.82, 2.24) is 25.0 Å². The number of likely N-dealkylation sites (N-methyl/N-ethyl adjacent to an activating group) is 2. The average molecular weight is 972 g/mol. The number of ketones is 2. The second-order valence-corrected chi connectivity index (χ2v) is 20.6. The van der Waals surface area contributed by atoms with Gasteiger partial charge >= 0.3 is 5.97 Å². The van der Waals surface area contributed by atoms with Gasteiger partial charge in [-0.2, -0.15) is 0 Å². The number of rotatable bonds is 31. The number of hydrogen-bond acceptors (Lipinski definition) is 9. The number of fused-ring (bicyclic) bond motifs is 1. The summed E-state index contributed by atoms with van der Waals surface area (Å²) in [4.78, 5) is 91.6. The zero-order chi connectivity index (χ0) is 51.7. The Hall–Kier alpha value is -4.92. The zero-order valence-electron chi connectivity index (χ0n) is 44.1. The van der Waals surface area contributed by atoms with Gasteiger partial charge in [-0.3, -0.25) is 33.7 Å². The second kappa shape index (κ2) is 28.2. The normalized spacial score (nSPS) is 17.5. The number of Topliss-reactive ketones (excluding diaryl/α,β-unsaturated/α-hetero) is 2. The number of aromatic nitrogens is 1. The quantitative estimate of drug-likeness (QED) is 0.0531. The number of likely N-dealkylation sites (tertiary alicyclic amines) is 1. The molecule has 0 unspecified atom stereocenters. The first-order valence-electron chi connectivity index (χ1n) is 25.8. The molecule has 1 saturated heterocycles. The number of para-hydroxylation sites is 1. The van der Waals surface area contributed by atoms with E-state index < -0.39 is 48.0 Å². The highest BCUT2D eigenvalue weighted by atomic mass is 16.5. The van der Waals surface area contributed by atoms with Crippen molar-refractivity contribution in [2.75, 3.05) is 41.4 Å². The van der Waals surface area contributed by atoms with Crippen LogP contribution >= 0.6 is 0 Å². The molecular weight excluding hydrogens is 887 g/mol. The lowest BCUT2D eigenvalue weighted by Crippen LogP contribution is -2.54. The van der Waals surface area contributed by atoms with Crippen LogP contribution < -0.4 is 5.32 Å². The largest absolute Gasteiger partial charge is 0.481 e. The van der Waals surface area contributed by atoms with Crippen LogP contribution in [0.15, 0.2) is 60.8 Å². The second-order valence-electron chi connectivity index (χ2n) is 20.6. The van der Waals surface area contributed by atoms with Crippen molar-refractivity contribution in [3.63, 3.8) is 0 Å². The molecule has 3 N–H and O–H groups in total. The van der Waals surface area contributed by atoms with Gasteiger partial charge in [-0.15, -0.1) is 0 Å². The van der Waals surface area contributed by atoms with E-state index in [1.165, 1.54) is 0 Å². The molecule has 1 aliphatic rings. The Labute approximate surface area is 418 Å². The van der Waals surface area contributed by atoms with Crippen LogP contribution in [0.2, 0.25) is 0 Å². The van der Waals surface area contributed by atoms with Crippen molar-refractivity contribution in [2.24, 2.45) is 35.5 Å². The van der Waals surface area contributed by atoms with Crippen LogP contribution in [0.4, 0.5) is 0 Å². The van der Waals surface area contributed by atoms with Crippen LogP contribution in [-0.2, 0) is 51.2 Å². The average Bonchev–Trinajstić information content (AvgIpc) is 3.99. The Morgan fingerprint density at radius 2 is 1.53 bits per heavy atom. The van der Waals surface area contributed by atoms with Gasteiger partial charge in [0.05, 0.1) is 36.8 Å². The molecule has 14 nitrogen and oxygen atoms in total. The lowest BCUT2D eigenvalue weighted by atomic mass is 9.83. The summed E-state index contributed by atoms with van der Waals surface area (Å²) in [5.41, 5.74) is 2.88. The molecule has 2 heterocycles. The molecule has 3 aromatic rings. The van der Waals surface area contributed by atoms with E-state index in [9.17, 15) is 28.8 Å². The topological polar surface area (TPSA) is 179 Å². The first-order chi connectivity index (χ1) is 33.3. The van der Waals surface area contributed by atoms with Crippen LogP contribution in [0.3, 0.4) is 0 Å². The third-order valence-corrected chi connectivity index (χ3v) is 15.0. The fraction of sp³-hybridized carbons (Fsp3) is 0.643. The van der Waals surface area contributed by atoms with Gasteiger partial charge in [0.25, 0.3) is 0 Å². The summed E-state index contributed by atoms with van der Waals surface area (Å²) in [7, 11) is 6.83. The minimum Gasteiger partial charge on any atom is -0.481 e. The van der Waals surface area contributed by atoms with E-state index >= 15 is 0 Å². The number of ether oxygens (including phenoxy) is 2. The standard InChI is InChI=1S/C56H85N5O9/c1-12-38(6)53(60(9)56(68)44(36(2)3)32-48(63)52(37(4)5)59(8)28-20-14-17-27-51(65)66)49(69-10)33-50(64)61-29-21-26-46(61)54(70-11)39(7)47(62)31-41(55(67)58-34-40-22-15-13-16-23-40)30-42-35-57-45-25-19-18-24-43(42)45/h13,15-16,18-19,22-25,35-39,41,44,46,49,52-54,57H,12,14,17,20-21,26-34H2,1-11H3,(H,58,67)(H,65,66)/t38-,39-,41+,44-,46-,49+,52-,53-,54+/m0/s1. The third-order valence-electron chi connectivity index (χ3n) is 15.0. The molecule has 0 aliphatic carbocycles. The number of benzene rings is 2. The lowest BCUT2D eigenvalue weighted by molar-refractivity contribution is -0.149. The Balaban J connectivity index is 1.48. The fourth-order valence-electron chi connectivity index (χ4n) is 10.8. The maximum atomic E-state index is 14.7. The molecule has 388 valence electrons. The van der Waals surface area contributed by atoms with Gasteiger partial charge in [-0.1, -0.05) is 110 Å². The van der Waals surface area contributed by atoms with Gasteiger partial charge in [0.1, 0.15) is 5.78 Å². The van der Waals surface area contributed by atoms with Crippen LogP contribution in [-0.4, -0.2) is 132 Å². The molecule has 0 bridgehead atoms. The van der Waals surface area contributed by atoms with Gasteiger partial charge in [-0.05, 0) is 80.6 Å². The Morgan fingerprint density at radius 1 is 0.843 bits per heavy atom. The van der Waals surface area contributed by atoms with E-state index in [1.54, 1.807) is 26.2 Å². The molecule has 70 heavy (non-hydrogen) atoms. The minimum atomic E-state index is -0.810. The highest BCUT2D eigenvalue weighted by Gasteiger charge is 2.43. The van der Waals surface area contributed by atoms with Crippen molar-refractivity contribution in [1.29, 1.82) is 0 Å². The van der Waals surface area contributed by atoms with Crippen molar-refractivity contribution >= 4 is 46.2 Å². The van der Waals surface area contributed by atoms with Gasteiger partial charge < -0.3 is 34.7 Å². The number of carboxylic acid groups (broad SMARTS) is 1. The number of aromatic amines is 1. The molecule has 14 heteroatoms. The number of methoxy groups -OCH3 is 2. The smallest absolute Gasteiger partial charge is 0.303 e. The summed E-state index contributed by atoms with van der Waals surface area (Å²) in [6, 6.07) is 16.3. The van der Waals surface area contributed by atoms with Crippen molar-refractivity contribution < 1.29 is 43.3 Å². The van der Waals surface area contributed by atoms with Gasteiger partial charge in [0.2, 0.25) is 17.7 Å². The number of nitrogens with zero attached hydrogens (tertiary/aromatic N) is 3. The number of carboxylic acids is 1. The van der Waals surface area contributed by atoms with Gasteiger partial charge in [0, 0.05) is 88.5 Å². The number of unbranched alkanes of at least 4 members (excludes halogenated alkanes) is 2. The summed E-state index contributed by atoms with van der Waals surface area (Å²) < 4.78 is 12.3. The minimum absolute atomic E-state index is 0.00125. The summed E-state index contributed by atoms with van der Waals surface area (Å²) in [5.74, 6) is -3.49. The molecule has 1 fully saturated rings. The van der Waals surface area contributed by atoms with E-state index in [0.29, 0.717) is 38.9 Å². The summed E-state index contributed by atoms with van der Waals surface area (Å²) in [6.45, 7) is 15.4. The van der Waals surface area contributed by atoms with Crippen molar-refractivity contribution in [3.05, 3.63) is 71.9 Å². The highest BCUT2D eigenvalue weighted by molar-refractivity contribution is 5.91. The van der Waals surface area contributed by atoms with E-state index in [1.807, 2.05) is 112 Å². The number of H-pyrrole nitrogens is 1. The molecule has 2 aromatic carbocycles. The molecule has 0 saturated carbocycles. The molecule has 1 aromatic heterocycles. The number of aliphatic carboxylic acids is 1. The number of nitrogens with one attached hydrogen (secondary N) is 2. The molecule has 4 rings (SSSR count). The molecule has 3 amide bonds. The van der Waals surface area contributed by atoms with Crippen LogP contribution in [0, 0.1) is 35.5 Å². The number of amides is 3. The molecular formula is C56H85N5O9. The predicted octanol–water partition coefficient (Wildman–Crippen LogP) is 8.36. The maximum absolute atomic E-state index is 14.7. The molecule has 0 spiro atoms. The van der Waals surface area contributed by atoms with E-state index in [0.717, 1.165) is 47.7 Å². The maximum Gasteiger partial charge on any atom is 0.303 e. The first-order valence-corrected chi connectivity index (χ1v) is 25.8. The van der Waals surface area contributed by atoms with Crippen molar-refractivity contribution in [3.8, 4) is 0 Å². The van der Waals surface area contributed by atoms with Gasteiger partial charge in [-0.25, -0.2) is 0 Å².